The van der Waals surface area contributed by atoms with Crippen molar-refractivity contribution in [2.75, 3.05) is 6.54 Å². The fourth-order valence-electron chi connectivity index (χ4n) is 2.67. The molecule has 0 radical (unpaired) electrons. The summed E-state index contributed by atoms with van der Waals surface area (Å²) >= 11 is 0. The van der Waals surface area contributed by atoms with Gasteiger partial charge in [-0.2, -0.15) is 0 Å². The Hall–Kier alpha value is -1.41. The first-order chi connectivity index (χ1) is 9.20. The second kappa shape index (κ2) is 6.67. The molecule has 19 heavy (non-hydrogen) atoms. The standard InChI is InChI=1S/C17H23NO/c1-14(2)7-5-6-10-18-12-16-9-4-3-8-15(16)11-17(18)13-19/h3-4,7-9,13,17H,5-6,10-12H2,1-2H3/t17-/m0/s1. The van der Waals surface area contributed by atoms with Gasteiger partial charge in [0.1, 0.15) is 6.29 Å². The van der Waals surface area contributed by atoms with Crippen molar-refractivity contribution < 1.29 is 4.79 Å². The lowest BCUT2D eigenvalue weighted by molar-refractivity contribution is -0.113. The first kappa shape index (κ1) is 14.0. The normalized spacial score (nSPS) is 18.7. The van der Waals surface area contributed by atoms with E-state index in [0.717, 1.165) is 38.6 Å². The van der Waals surface area contributed by atoms with E-state index >= 15 is 0 Å². The van der Waals surface area contributed by atoms with Crippen molar-refractivity contribution in [2.24, 2.45) is 0 Å². The number of benzene rings is 1. The number of aldehydes is 1. The molecule has 2 rings (SSSR count). The van der Waals surface area contributed by atoms with E-state index in [9.17, 15) is 4.79 Å². The molecule has 0 N–H and O–H groups in total. The van der Waals surface area contributed by atoms with Crippen LogP contribution >= 0.6 is 0 Å². The van der Waals surface area contributed by atoms with E-state index < -0.39 is 0 Å². The number of unbranched alkanes of at least 4 members (excludes halogenated alkanes) is 1. The molecular formula is C17H23NO. The number of allylic oxidation sites excluding steroid dienone is 2. The minimum atomic E-state index is 0.0570. The third-order valence-electron chi connectivity index (χ3n) is 3.75. The first-order valence-corrected chi connectivity index (χ1v) is 7.10. The van der Waals surface area contributed by atoms with Crippen LogP contribution in [0.15, 0.2) is 35.9 Å². The summed E-state index contributed by atoms with van der Waals surface area (Å²) in [5.74, 6) is 0. The molecular weight excluding hydrogens is 234 g/mol. The molecule has 0 spiro atoms. The van der Waals surface area contributed by atoms with Gasteiger partial charge in [0.15, 0.2) is 0 Å². The lowest BCUT2D eigenvalue weighted by Gasteiger charge is -2.33. The number of hydrogen-bond acceptors (Lipinski definition) is 2. The van der Waals surface area contributed by atoms with Crippen LogP contribution < -0.4 is 0 Å². The maximum Gasteiger partial charge on any atom is 0.137 e. The fourth-order valence-corrected chi connectivity index (χ4v) is 2.67. The Morgan fingerprint density at radius 2 is 2.05 bits per heavy atom. The minimum Gasteiger partial charge on any atom is -0.302 e. The predicted octanol–water partition coefficient (Wildman–Crippen LogP) is 3.36. The average Bonchev–Trinajstić information content (AvgIpc) is 2.42. The van der Waals surface area contributed by atoms with Gasteiger partial charge in [-0.05, 0) is 50.8 Å². The topological polar surface area (TPSA) is 20.3 Å². The second-order valence-corrected chi connectivity index (χ2v) is 5.57. The van der Waals surface area contributed by atoms with E-state index in [4.69, 9.17) is 0 Å². The summed E-state index contributed by atoms with van der Waals surface area (Å²) < 4.78 is 0. The smallest absolute Gasteiger partial charge is 0.137 e. The summed E-state index contributed by atoms with van der Waals surface area (Å²) in [7, 11) is 0. The molecule has 0 amide bonds. The Balaban J connectivity index is 1.96. The summed E-state index contributed by atoms with van der Waals surface area (Å²) in [6.07, 6.45) is 6.47. The van der Waals surface area contributed by atoms with Gasteiger partial charge in [-0.1, -0.05) is 35.9 Å². The highest BCUT2D eigenvalue weighted by atomic mass is 16.1. The molecule has 0 saturated heterocycles. The molecule has 2 heteroatoms. The van der Waals surface area contributed by atoms with Gasteiger partial charge in [0.2, 0.25) is 0 Å². The molecule has 1 aromatic rings. The number of fused-ring (bicyclic) bond motifs is 1. The fraction of sp³-hybridized carbons (Fsp3) is 0.471. The number of carbonyl (C=O) groups excluding carboxylic acids is 1. The van der Waals surface area contributed by atoms with Crippen LogP contribution in [0.1, 0.15) is 37.8 Å². The molecule has 1 aliphatic rings. The Kier molecular flexibility index (Phi) is 4.92. The van der Waals surface area contributed by atoms with Crippen LogP contribution in [0.25, 0.3) is 0 Å². The van der Waals surface area contributed by atoms with Crippen LogP contribution in [0.5, 0.6) is 0 Å². The van der Waals surface area contributed by atoms with E-state index in [1.807, 2.05) is 0 Å². The van der Waals surface area contributed by atoms with Crippen LogP contribution in [0.3, 0.4) is 0 Å². The lowest BCUT2D eigenvalue weighted by Crippen LogP contribution is -2.41. The van der Waals surface area contributed by atoms with Crippen molar-refractivity contribution >= 4 is 6.29 Å². The van der Waals surface area contributed by atoms with Crippen molar-refractivity contribution in [3.8, 4) is 0 Å². The third kappa shape index (κ3) is 3.77. The van der Waals surface area contributed by atoms with Crippen molar-refractivity contribution in [3.05, 3.63) is 47.0 Å². The summed E-state index contributed by atoms with van der Waals surface area (Å²) in [6, 6.07) is 8.53. The van der Waals surface area contributed by atoms with Gasteiger partial charge in [0.25, 0.3) is 0 Å². The molecule has 1 aromatic carbocycles. The first-order valence-electron chi connectivity index (χ1n) is 7.10. The van der Waals surface area contributed by atoms with Crippen molar-refractivity contribution in [3.63, 3.8) is 0 Å². The van der Waals surface area contributed by atoms with Gasteiger partial charge in [-0.15, -0.1) is 0 Å². The number of carbonyl (C=O) groups is 1. The SMILES string of the molecule is CC(C)=CCCCN1Cc2ccccc2C[C@H]1C=O. The zero-order valence-electron chi connectivity index (χ0n) is 11.9. The number of nitrogens with zero attached hydrogens (tertiary/aromatic N) is 1. The van der Waals surface area contributed by atoms with Crippen LogP contribution in [-0.2, 0) is 17.8 Å². The molecule has 0 bridgehead atoms. The van der Waals surface area contributed by atoms with E-state index in [-0.39, 0.29) is 6.04 Å². The van der Waals surface area contributed by atoms with E-state index in [1.165, 1.54) is 16.7 Å². The number of hydrogen-bond donors (Lipinski definition) is 0. The summed E-state index contributed by atoms with van der Waals surface area (Å²) in [5.41, 5.74) is 4.08. The van der Waals surface area contributed by atoms with Crippen molar-refractivity contribution in [1.82, 2.24) is 4.90 Å². The zero-order chi connectivity index (χ0) is 13.7. The van der Waals surface area contributed by atoms with Gasteiger partial charge < -0.3 is 4.79 Å². The predicted molar refractivity (Wildman–Crippen MR) is 79.1 cm³/mol. The Morgan fingerprint density at radius 1 is 1.32 bits per heavy atom. The van der Waals surface area contributed by atoms with Crippen molar-refractivity contribution in [1.29, 1.82) is 0 Å². The molecule has 0 fully saturated rings. The van der Waals surface area contributed by atoms with Gasteiger partial charge >= 0.3 is 0 Å². The molecule has 1 atom stereocenters. The summed E-state index contributed by atoms with van der Waals surface area (Å²) in [5, 5.41) is 0. The van der Waals surface area contributed by atoms with E-state index in [0.29, 0.717) is 0 Å². The largest absolute Gasteiger partial charge is 0.302 e. The van der Waals surface area contributed by atoms with Crippen LogP contribution in [-0.4, -0.2) is 23.8 Å². The van der Waals surface area contributed by atoms with Gasteiger partial charge in [0, 0.05) is 6.54 Å². The number of rotatable bonds is 5. The zero-order valence-corrected chi connectivity index (χ0v) is 11.9. The van der Waals surface area contributed by atoms with Gasteiger partial charge in [0.05, 0.1) is 6.04 Å². The maximum absolute atomic E-state index is 11.3. The van der Waals surface area contributed by atoms with Crippen LogP contribution in [0.4, 0.5) is 0 Å². The minimum absolute atomic E-state index is 0.0570. The molecule has 0 aromatic heterocycles. The molecule has 2 nitrogen and oxygen atoms in total. The molecule has 0 unspecified atom stereocenters. The summed E-state index contributed by atoms with van der Waals surface area (Å²) in [4.78, 5) is 13.6. The Morgan fingerprint density at radius 3 is 2.74 bits per heavy atom. The highest BCUT2D eigenvalue weighted by molar-refractivity contribution is 5.59. The van der Waals surface area contributed by atoms with E-state index in [2.05, 4.69) is 49.1 Å². The quantitative estimate of drug-likeness (QED) is 0.458. The van der Waals surface area contributed by atoms with Gasteiger partial charge in [-0.3, -0.25) is 4.90 Å². The van der Waals surface area contributed by atoms with E-state index in [1.54, 1.807) is 0 Å². The second-order valence-electron chi connectivity index (χ2n) is 5.57. The molecule has 1 aliphatic heterocycles. The molecule has 0 saturated carbocycles. The van der Waals surface area contributed by atoms with Crippen LogP contribution in [0, 0.1) is 0 Å². The lowest BCUT2D eigenvalue weighted by atomic mass is 9.94. The highest BCUT2D eigenvalue weighted by Gasteiger charge is 2.24. The van der Waals surface area contributed by atoms with Crippen LogP contribution in [0.2, 0.25) is 0 Å². The summed E-state index contributed by atoms with van der Waals surface area (Å²) in [6.45, 7) is 6.17. The Bertz CT molecular complexity index is 460. The molecule has 102 valence electrons. The van der Waals surface area contributed by atoms with Crippen molar-refractivity contribution in [2.45, 2.75) is 45.7 Å². The third-order valence-corrected chi connectivity index (χ3v) is 3.75. The highest BCUT2D eigenvalue weighted by Crippen LogP contribution is 2.22. The van der Waals surface area contributed by atoms with Gasteiger partial charge in [-0.25, -0.2) is 0 Å². The molecule has 0 aliphatic carbocycles. The molecule has 1 heterocycles. The maximum atomic E-state index is 11.3. The monoisotopic (exact) mass is 257 g/mol. The Labute approximate surface area is 116 Å². The average molecular weight is 257 g/mol.